The Morgan fingerprint density at radius 1 is 1.31 bits per heavy atom. The van der Waals surface area contributed by atoms with Crippen molar-refractivity contribution in [3.63, 3.8) is 0 Å². The Kier molecular flexibility index (Phi) is 3.26. The van der Waals surface area contributed by atoms with Crippen LogP contribution in [0.4, 0.5) is 0 Å². The maximum atomic E-state index is 6.06. The average Bonchev–Trinajstić information content (AvgIpc) is 2.66. The summed E-state index contributed by atoms with van der Waals surface area (Å²) in [5.41, 5.74) is 7.26. The van der Waals surface area contributed by atoms with Crippen molar-refractivity contribution < 1.29 is 0 Å². The molecule has 2 N–H and O–H groups in total. The highest BCUT2D eigenvalue weighted by Crippen LogP contribution is 2.04. The van der Waals surface area contributed by atoms with Gasteiger partial charge in [-0.2, -0.15) is 5.10 Å². The third kappa shape index (κ3) is 2.64. The Labute approximate surface area is 94.3 Å². The number of hydrogen-bond acceptors (Lipinski definition) is 4. The van der Waals surface area contributed by atoms with Gasteiger partial charge in [0.2, 0.25) is 0 Å². The summed E-state index contributed by atoms with van der Waals surface area (Å²) >= 11 is 0. The van der Waals surface area contributed by atoms with Gasteiger partial charge in [-0.05, 0) is 24.1 Å². The lowest BCUT2D eigenvalue weighted by molar-refractivity contribution is 0.603. The van der Waals surface area contributed by atoms with Crippen LogP contribution in [0, 0.1) is 0 Å². The standard InChI is InChI=1S/C11H15N5/c1-16-11(14-8-15-16)7-10(12)6-9-2-4-13-5-3-9/h2-5,8,10H,6-7,12H2,1H3. The number of nitrogens with zero attached hydrogens (tertiary/aromatic N) is 4. The van der Waals surface area contributed by atoms with Crippen molar-refractivity contribution >= 4 is 0 Å². The second kappa shape index (κ2) is 4.85. The summed E-state index contributed by atoms with van der Waals surface area (Å²) in [6.45, 7) is 0. The fourth-order valence-electron chi connectivity index (χ4n) is 1.63. The Balaban J connectivity index is 1.95. The van der Waals surface area contributed by atoms with Gasteiger partial charge in [-0.25, -0.2) is 4.98 Å². The highest BCUT2D eigenvalue weighted by atomic mass is 15.3. The topological polar surface area (TPSA) is 69.6 Å². The van der Waals surface area contributed by atoms with E-state index in [0.29, 0.717) is 0 Å². The van der Waals surface area contributed by atoms with Gasteiger partial charge in [0.05, 0.1) is 0 Å². The van der Waals surface area contributed by atoms with Crippen molar-refractivity contribution in [3.05, 3.63) is 42.2 Å². The van der Waals surface area contributed by atoms with Crippen molar-refractivity contribution in [2.24, 2.45) is 12.8 Å². The first kappa shape index (κ1) is 10.8. The van der Waals surface area contributed by atoms with Crippen LogP contribution in [0.15, 0.2) is 30.9 Å². The molecule has 0 saturated carbocycles. The van der Waals surface area contributed by atoms with E-state index in [1.807, 2.05) is 19.2 Å². The van der Waals surface area contributed by atoms with Crippen LogP contribution in [0.3, 0.4) is 0 Å². The third-order valence-corrected chi connectivity index (χ3v) is 2.50. The van der Waals surface area contributed by atoms with Gasteiger partial charge < -0.3 is 5.73 Å². The van der Waals surface area contributed by atoms with E-state index >= 15 is 0 Å². The molecule has 0 saturated heterocycles. The number of rotatable bonds is 4. The summed E-state index contributed by atoms with van der Waals surface area (Å²) in [5, 5.41) is 4.02. The third-order valence-electron chi connectivity index (χ3n) is 2.50. The van der Waals surface area contributed by atoms with Gasteiger partial charge in [0.1, 0.15) is 12.2 Å². The number of nitrogens with two attached hydrogens (primary N) is 1. The van der Waals surface area contributed by atoms with E-state index in [1.54, 1.807) is 23.4 Å². The van der Waals surface area contributed by atoms with E-state index in [-0.39, 0.29) is 6.04 Å². The Morgan fingerprint density at radius 2 is 2.06 bits per heavy atom. The molecule has 2 aromatic rings. The Bertz CT molecular complexity index is 437. The van der Waals surface area contributed by atoms with Gasteiger partial charge in [0.15, 0.2) is 0 Å². The highest BCUT2D eigenvalue weighted by molar-refractivity contribution is 5.11. The molecular formula is C11H15N5. The van der Waals surface area contributed by atoms with Gasteiger partial charge >= 0.3 is 0 Å². The largest absolute Gasteiger partial charge is 0.327 e. The van der Waals surface area contributed by atoms with Crippen LogP contribution in [0.25, 0.3) is 0 Å². The SMILES string of the molecule is Cn1ncnc1CC(N)Cc1ccncc1. The van der Waals surface area contributed by atoms with E-state index in [9.17, 15) is 0 Å². The molecule has 0 radical (unpaired) electrons. The first-order chi connectivity index (χ1) is 7.75. The van der Waals surface area contributed by atoms with Gasteiger partial charge in [0.25, 0.3) is 0 Å². The predicted molar refractivity (Wildman–Crippen MR) is 60.6 cm³/mol. The summed E-state index contributed by atoms with van der Waals surface area (Å²) in [7, 11) is 1.88. The minimum absolute atomic E-state index is 0.0605. The second-order valence-corrected chi connectivity index (χ2v) is 3.82. The van der Waals surface area contributed by atoms with Crippen LogP contribution in [-0.4, -0.2) is 25.8 Å². The van der Waals surface area contributed by atoms with Crippen LogP contribution in [-0.2, 0) is 19.9 Å². The zero-order chi connectivity index (χ0) is 11.4. The van der Waals surface area contributed by atoms with Crippen LogP contribution in [0.2, 0.25) is 0 Å². The molecule has 0 aromatic carbocycles. The fourth-order valence-corrected chi connectivity index (χ4v) is 1.63. The zero-order valence-electron chi connectivity index (χ0n) is 9.24. The van der Waals surface area contributed by atoms with Crippen molar-refractivity contribution in [3.8, 4) is 0 Å². The van der Waals surface area contributed by atoms with E-state index in [0.717, 1.165) is 18.7 Å². The summed E-state index contributed by atoms with van der Waals surface area (Å²) in [6.07, 6.45) is 6.68. The van der Waals surface area contributed by atoms with Crippen LogP contribution in [0.5, 0.6) is 0 Å². The molecule has 0 aliphatic heterocycles. The maximum Gasteiger partial charge on any atom is 0.138 e. The monoisotopic (exact) mass is 217 g/mol. The van der Waals surface area contributed by atoms with Gasteiger partial charge in [-0.15, -0.1) is 0 Å². The molecule has 84 valence electrons. The van der Waals surface area contributed by atoms with Gasteiger partial charge in [-0.3, -0.25) is 9.67 Å². The lowest BCUT2D eigenvalue weighted by Gasteiger charge is -2.10. The number of hydrogen-bond donors (Lipinski definition) is 1. The fraction of sp³-hybridized carbons (Fsp3) is 0.364. The molecule has 2 aromatic heterocycles. The molecule has 0 amide bonds. The molecule has 2 heterocycles. The minimum atomic E-state index is 0.0605. The van der Waals surface area contributed by atoms with Crippen LogP contribution in [0.1, 0.15) is 11.4 Å². The van der Waals surface area contributed by atoms with Crippen molar-refractivity contribution in [1.82, 2.24) is 19.7 Å². The number of pyridine rings is 1. The molecule has 1 atom stereocenters. The van der Waals surface area contributed by atoms with Crippen molar-refractivity contribution in [2.75, 3.05) is 0 Å². The zero-order valence-corrected chi connectivity index (χ0v) is 9.24. The quantitative estimate of drug-likeness (QED) is 0.801. The van der Waals surface area contributed by atoms with E-state index < -0.39 is 0 Å². The molecule has 0 aliphatic rings. The molecule has 0 fully saturated rings. The Morgan fingerprint density at radius 3 is 2.69 bits per heavy atom. The first-order valence-corrected chi connectivity index (χ1v) is 5.23. The second-order valence-electron chi connectivity index (χ2n) is 3.82. The van der Waals surface area contributed by atoms with Gasteiger partial charge in [0, 0.05) is 31.9 Å². The van der Waals surface area contributed by atoms with Crippen molar-refractivity contribution in [2.45, 2.75) is 18.9 Å². The smallest absolute Gasteiger partial charge is 0.138 e. The maximum absolute atomic E-state index is 6.06. The van der Waals surface area contributed by atoms with Crippen LogP contribution < -0.4 is 5.73 Å². The molecule has 5 nitrogen and oxygen atoms in total. The normalized spacial score (nSPS) is 12.6. The molecular weight excluding hydrogens is 202 g/mol. The first-order valence-electron chi connectivity index (χ1n) is 5.23. The molecule has 1 unspecified atom stereocenters. The molecule has 0 aliphatic carbocycles. The Hall–Kier alpha value is -1.75. The average molecular weight is 217 g/mol. The van der Waals surface area contributed by atoms with Crippen LogP contribution >= 0.6 is 0 Å². The molecule has 0 bridgehead atoms. The molecule has 16 heavy (non-hydrogen) atoms. The highest BCUT2D eigenvalue weighted by Gasteiger charge is 2.08. The summed E-state index contributed by atoms with van der Waals surface area (Å²) < 4.78 is 1.76. The van der Waals surface area contributed by atoms with E-state index in [1.165, 1.54) is 5.56 Å². The summed E-state index contributed by atoms with van der Waals surface area (Å²) in [4.78, 5) is 8.13. The lowest BCUT2D eigenvalue weighted by Crippen LogP contribution is -2.27. The number of aromatic nitrogens is 4. The molecule has 0 spiro atoms. The minimum Gasteiger partial charge on any atom is -0.327 e. The molecule has 5 heteroatoms. The summed E-state index contributed by atoms with van der Waals surface area (Å²) in [6, 6.07) is 4.03. The molecule has 2 rings (SSSR count). The van der Waals surface area contributed by atoms with Gasteiger partial charge in [-0.1, -0.05) is 0 Å². The number of aryl methyl sites for hydroxylation is 1. The van der Waals surface area contributed by atoms with Crippen molar-refractivity contribution in [1.29, 1.82) is 0 Å². The lowest BCUT2D eigenvalue weighted by atomic mass is 10.1. The predicted octanol–water partition coefficient (Wildman–Crippen LogP) is 0.323. The summed E-state index contributed by atoms with van der Waals surface area (Å²) in [5.74, 6) is 0.918. The van der Waals surface area contributed by atoms with E-state index in [2.05, 4.69) is 15.1 Å². The van der Waals surface area contributed by atoms with E-state index in [4.69, 9.17) is 5.73 Å².